The monoisotopic (exact) mass is 166 g/mol. The molecule has 0 nitrogen and oxygen atoms in total. The molecule has 1 atom stereocenters. The van der Waals surface area contributed by atoms with Crippen LogP contribution in [-0.4, -0.2) is 16.3 Å². The highest BCUT2D eigenvalue weighted by molar-refractivity contribution is 9.09. The molecule has 0 aromatic heterocycles. The fourth-order valence-electron chi connectivity index (χ4n) is 0.406. The lowest BCUT2D eigenvalue weighted by atomic mass is 10.3. The van der Waals surface area contributed by atoms with Crippen LogP contribution in [0.2, 0.25) is 0 Å². The Labute approximate surface area is 50.8 Å². The Kier molecular flexibility index (Phi) is 1.84. The quantitative estimate of drug-likeness (QED) is 0.537. The molecule has 0 spiro atoms. The van der Waals surface area contributed by atoms with Crippen LogP contribution in [-0.2, 0) is 0 Å². The van der Waals surface area contributed by atoms with E-state index in [0.29, 0.717) is 0 Å². The third-order valence-electron chi connectivity index (χ3n) is 0.965. The first kappa shape index (κ1) is 4.98. The molecular formula is C4H7BrS. The molecule has 1 rings (SSSR count). The minimum atomic E-state index is 0.949. The van der Waals surface area contributed by atoms with E-state index < -0.39 is 0 Å². The van der Waals surface area contributed by atoms with E-state index in [-0.39, 0.29) is 0 Å². The van der Waals surface area contributed by atoms with Gasteiger partial charge in [0.05, 0.1) is 0 Å². The van der Waals surface area contributed by atoms with Crippen molar-refractivity contribution in [2.45, 2.75) is 11.7 Å². The van der Waals surface area contributed by atoms with Crippen molar-refractivity contribution >= 4 is 27.7 Å². The molecule has 1 saturated heterocycles. The van der Waals surface area contributed by atoms with Crippen LogP contribution in [0.5, 0.6) is 0 Å². The Bertz CT molecular complexity index is 40.1. The number of hydrogen-bond acceptors (Lipinski definition) is 1. The van der Waals surface area contributed by atoms with Gasteiger partial charge in [-0.05, 0) is 12.2 Å². The van der Waals surface area contributed by atoms with Crippen LogP contribution in [0.4, 0.5) is 0 Å². The minimum Gasteiger partial charge on any atom is -0.158 e. The summed E-state index contributed by atoms with van der Waals surface area (Å²) in [5.74, 6) is 1.39. The van der Waals surface area contributed by atoms with Gasteiger partial charge in [-0.2, -0.15) is 11.8 Å². The molecule has 1 heterocycles. The van der Waals surface area contributed by atoms with Crippen LogP contribution in [0.15, 0.2) is 0 Å². The van der Waals surface area contributed by atoms with E-state index in [2.05, 4.69) is 27.7 Å². The average molecular weight is 167 g/mol. The number of halogens is 1. The maximum absolute atomic E-state index is 3.41. The third-order valence-corrected chi connectivity index (χ3v) is 3.52. The van der Waals surface area contributed by atoms with E-state index in [1.165, 1.54) is 17.5 Å². The van der Waals surface area contributed by atoms with Crippen molar-refractivity contribution in [3.05, 3.63) is 0 Å². The lowest BCUT2D eigenvalue weighted by Crippen LogP contribution is -2.15. The highest BCUT2D eigenvalue weighted by Gasteiger charge is 2.15. The molecule has 2 heteroatoms. The van der Waals surface area contributed by atoms with Crippen LogP contribution in [0.1, 0.15) is 6.42 Å². The molecule has 0 saturated carbocycles. The largest absolute Gasteiger partial charge is 0.158 e. The van der Waals surface area contributed by atoms with Gasteiger partial charge in [-0.1, -0.05) is 15.9 Å². The molecule has 1 fully saturated rings. The Morgan fingerprint density at radius 2 is 2.50 bits per heavy atom. The molecule has 1 aliphatic heterocycles. The minimum absolute atomic E-state index is 0.949. The first-order valence-corrected chi connectivity index (χ1v) is 4.28. The van der Waals surface area contributed by atoms with E-state index in [1.807, 2.05) is 0 Å². The molecule has 1 unspecified atom stereocenters. The molecule has 1 aliphatic rings. The first-order valence-electron chi connectivity index (χ1n) is 2.11. The van der Waals surface area contributed by atoms with Gasteiger partial charge in [0.2, 0.25) is 0 Å². The summed E-state index contributed by atoms with van der Waals surface area (Å²) in [6, 6.07) is 0. The lowest BCUT2D eigenvalue weighted by molar-refractivity contribution is 0.876. The topological polar surface area (TPSA) is 0 Å². The van der Waals surface area contributed by atoms with E-state index >= 15 is 0 Å². The van der Waals surface area contributed by atoms with Crippen LogP contribution in [0.25, 0.3) is 0 Å². The highest BCUT2D eigenvalue weighted by Crippen LogP contribution is 2.28. The summed E-state index contributed by atoms with van der Waals surface area (Å²) in [4.78, 5) is 0. The fourth-order valence-corrected chi connectivity index (χ4v) is 1.95. The lowest BCUT2D eigenvalue weighted by Gasteiger charge is -2.21. The van der Waals surface area contributed by atoms with Crippen molar-refractivity contribution in [3.63, 3.8) is 0 Å². The predicted molar refractivity (Wildman–Crippen MR) is 34.7 cm³/mol. The second kappa shape index (κ2) is 2.22. The molecule has 36 valence electrons. The van der Waals surface area contributed by atoms with E-state index in [1.54, 1.807) is 0 Å². The van der Waals surface area contributed by atoms with Crippen LogP contribution >= 0.6 is 27.7 Å². The zero-order valence-corrected chi connectivity index (χ0v) is 5.89. The van der Waals surface area contributed by atoms with Crippen molar-refractivity contribution in [3.8, 4) is 0 Å². The molecule has 6 heavy (non-hydrogen) atoms. The summed E-state index contributed by atoms with van der Waals surface area (Å²) in [7, 11) is 0. The van der Waals surface area contributed by atoms with Crippen molar-refractivity contribution in [1.82, 2.24) is 0 Å². The van der Waals surface area contributed by atoms with Gasteiger partial charge in [0.15, 0.2) is 0 Å². The molecule has 0 N–H and O–H groups in total. The van der Waals surface area contributed by atoms with Gasteiger partial charge in [0, 0.05) is 10.6 Å². The van der Waals surface area contributed by atoms with Gasteiger partial charge in [-0.25, -0.2) is 0 Å². The van der Waals surface area contributed by atoms with Gasteiger partial charge in [-0.15, -0.1) is 0 Å². The summed E-state index contributed by atoms with van der Waals surface area (Å²) in [6.45, 7) is 0. The van der Waals surface area contributed by atoms with Crippen LogP contribution in [0.3, 0.4) is 0 Å². The van der Waals surface area contributed by atoms with Gasteiger partial charge in [0.1, 0.15) is 0 Å². The molecule has 0 aromatic rings. The van der Waals surface area contributed by atoms with Crippen molar-refractivity contribution in [2.75, 3.05) is 11.1 Å². The molecule has 0 amide bonds. The smallest absolute Gasteiger partial charge is 0.0152 e. The normalized spacial score (nSPS) is 32.5. The molecular weight excluding hydrogens is 160 g/mol. The van der Waals surface area contributed by atoms with E-state index in [9.17, 15) is 0 Å². The van der Waals surface area contributed by atoms with E-state index in [4.69, 9.17) is 0 Å². The molecule has 0 bridgehead atoms. The maximum Gasteiger partial charge on any atom is 0.0152 e. The molecule has 0 radical (unpaired) electrons. The van der Waals surface area contributed by atoms with Crippen LogP contribution < -0.4 is 0 Å². The van der Waals surface area contributed by atoms with Crippen LogP contribution in [0, 0.1) is 0 Å². The summed E-state index contributed by atoms with van der Waals surface area (Å²) >= 11 is 5.46. The number of thioether (sulfide) groups is 1. The summed E-state index contributed by atoms with van der Waals surface area (Å²) in [5, 5.41) is 2.14. The summed E-state index contributed by atoms with van der Waals surface area (Å²) < 4.78 is 0. The SMILES string of the molecule is BrCC1CCS1. The standard InChI is InChI=1S/C4H7BrS/c5-3-4-1-2-6-4/h4H,1-3H2. The Balaban J connectivity index is 2.01. The Morgan fingerprint density at radius 1 is 1.83 bits per heavy atom. The van der Waals surface area contributed by atoms with Gasteiger partial charge >= 0.3 is 0 Å². The highest BCUT2D eigenvalue weighted by atomic mass is 79.9. The van der Waals surface area contributed by atoms with Crippen molar-refractivity contribution in [1.29, 1.82) is 0 Å². The zero-order valence-electron chi connectivity index (χ0n) is 3.48. The van der Waals surface area contributed by atoms with Gasteiger partial charge in [0.25, 0.3) is 0 Å². The van der Waals surface area contributed by atoms with Gasteiger partial charge < -0.3 is 0 Å². The molecule has 0 aliphatic carbocycles. The Hall–Kier alpha value is 0.830. The summed E-state index contributed by atoms with van der Waals surface area (Å²) in [5.41, 5.74) is 0. The maximum atomic E-state index is 3.41. The summed E-state index contributed by atoms with van der Waals surface area (Å²) in [6.07, 6.45) is 1.43. The first-order chi connectivity index (χ1) is 2.93. The zero-order chi connectivity index (χ0) is 4.41. The number of alkyl halides is 1. The van der Waals surface area contributed by atoms with Crippen molar-refractivity contribution < 1.29 is 0 Å². The van der Waals surface area contributed by atoms with Gasteiger partial charge in [-0.3, -0.25) is 0 Å². The van der Waals surface area contributed by atoms with Crippen molar-refractivity contribution in [2.24, 2.45) is 0 Å². The fraction of sp³-hybridized carbons (Fsp3) is 1.00. The number of hydrogen-bond donors (Lipinski definition) is 0. The second-order valence-electron chi connectivity index (χ2n) is 1.44. The number of rotatable bonds is 1. The third kappa shape index (κ3) is 0.909. The Morgan fingerprint density at radius 3 is 2.50 bits per heavy atom. The second-order valence-corrected chi connectivity index (χ2v) is 3.49. The van der Waals surface area contributed by atoms with E-state index in [0.717, 1.165) is 5.25 Å². The predicted octanol–water partition coefficient (Wildman–Crippen LogP) is 1.89. The molecule has 0 aromatic carbocycles. The average Bonchev–Trinajstić information content (AvgIpc) is 1.31.